The molecule has 1 heteroatoms. The Morgan fingerprint density at radius 1 is 1.06 bits per heavy atom. The van der Waals surface area contributed by atoms with Gasteiger partial charge in [-0.15, -0.1) is 0 Å². The molecule has 0 amide bonds. The average molecular weight is 225 g/mol. The summed E-state index contributed by atoms with van der Waals surface area (Å²) in [6.45, 7) is 4.59. The van der Waals surface area contributed by atoms with Gasteiger partial charge in [0.1, 0.15) is 0 Å². The van der Waals surface area contributed by atoms with Crippen LogP contribution in [0.1, 0.15) is 78.1 Å². The Hall–Kier alpha value is -0.0400. The Balaban J connectivity index is 2.10. The van der Waals surface area contributed by atoms with Crippen molar-refractivity contribution in [3.05, 3.63) is 0 Å². The second kappa shape index (κ2) is 8.11. The lowest BCUT2D eigenvalue weighted by atomic mass is 9.84. The summed E-state index contributed by atoms with van der Waals surface area (Å²) in [4.78, 5) is 0. The predicted octanol–water partition coefficient (Wildman–Crippen LogP) is 4.50. The van der Waals surface area contributed by atoms with E-state index in [4.69, 9.17) is 5.73 Å². The Kier molecular flexibility index (Phi) is 7.11. The molecule has 1 saturated carbocycles. The fraction of sp³-hybridized carbons (Fsp3) is 1.00. The predicted molar refractivity (Wildman–Crippen MR) is 72.5 cm³/mol. The third-order valence-corrected chi connectivity index (χ3v) is 4.46. The van der Waals surface area contributed by atoms with Crippen LogP contribution in [0.15, 0.2) is 0 Å². The van der Waals surface area contributed by atoms with Gasteiger partial charge in [0, 0.05) is 6.04 Å². The van der Waals surface area contributed by atoms with Crippen molar-refractivity contribution in [1.29, 1.82) is 0 Å². The van der Waals surface area contributed by atoms with E-state index in [-0.39, 0.29) is 0 Å². The quantitative estimate of drug-likeness (QED) is 0.678. The van der Waals surface area contributed by atoms with E-state index in [1.807, 2.05) is 0 Å². The molecule has 0 spiro atoms. The summed E-state index contributed by atoms with van der Waals surface area (Å²) in [5.74, 6) is 1.86. The van der Waals surface area contributed by atoms with E-state index in [9.17, 15) is 0 Å². The SMILES string of the molecule is CCC(CC)CC(N)CCC1CCCCC1. The van der Waals surface area contributed by atoms with Crippen LogP contribution in [-0.4, -0.2) is 6.04 Å². The molecule has 1 aliphatic carbocycles. The molecule has 2 N–H and O–H groups in total. The topological polar surface area (TPSA) is 26.0 Å². The molecular formula is C15H31N. The highest BCUT2D eigenvalue weighted by Crippen LogP contribution is 2.28. The van der Waals surface area contributed by atoms with Gasteiger partial charge in [0.2, 0.25) is 0 Å². The number of nitrogens with two attached hydrogens (primary N) is 1. The summed E-state index contributed by atoms with van der Waals surface area (Å²) in [5.41, 5.74) is 6.24. The molecule has 0 aromatic carbocycles. The molecule has 16 heavy (non-hydrogen) atoms. The standard InChI is InChI=1S/C15H31N/c1-3-13(4-2)12-15(16)11-10-14-8-6-5-7-9-14/h13-15H,3-12,16H2,1-2H3. The van der Waals surface area contributed by atoms with E-state index >= 15 is 0 Å². The highest BCUT2D eigenvalue weighted by Gasteiger charge is 2.16. The Morgan fingerprint density at radius 3 is 2.25 bits per heavy atom. The maximum atomic E-state index is 6.24. The zero-order valence-electron chi connectivity index (χ0n) is 11.4. The zero-order chi connectivity index (χ0) is 11.8. The summed E-state index contributed by atoms with van der Waals surface area (Å²) >= 11 is 0. The summed E-state index contributed by atoms with van der Waals surface area (Å²) in [6.07, 6.45) is 13.8. The van der Waals surface area contributed by atoms with Crippen LogP contribution in [0, 0.1) is 11.8 Å². The first-order valence-electron chi connectivity index (χ1n) is 7.51. The van der Waals surface area contributed by atoms with Crippen molar-refractivity contribution in [3.63, 3.8) is 0 Å². The van der Waals surface area contributed by atoms with Crippen LogP contribution >= 0.6 is 0 Å². The van der Waals surface area contributed by atoms with Crippen LogP contribution in [0.4, 0.5) is 0 Å². The second-order valence-corrected chi connectivity index (χ2v) is 5.76. The molecule has 0 radical (unpaired) electrons. The van der Waals surface area contributed by atoms with E-state index in [2.05, 4.69) is 13.8 Å². The number of rotatable bonds is 7. The van der Waals surface area contributed by atoms with Crippen molar-refractivity contribution in [2.45, 2.75) is 84.1 Å². The Morgan fingerprint density at radius 2 is 1.69 bits per heavy atom. The molecule has 0 saturated heterocycles. The summed E-state index contributed by atoms with van der Waals surface area (Å²) < 4.78 is 0. The molecule has 0 heterocycles. The van der Waals surface area contributed by atoms with E-state index < -0.39 is 0 Å². The molecular weight excluding hydrogens is 194 g/mol. The molecule has 1 nitrogen and oxygen atoms in total. The first-order chi connectivity index (χ1) is 7.76. The summed E-state index contributed by atoms with van der Waals surface area (Å²) in [7, 11) is 0. The van der Waals surface area contributed by atoms with E-state index in [1.165, 1.54) is 64.2 Å². The van der Waals surface area contributed by atoms with Crippen molar-refractivity contribution in [2.24, 2.45) is 17.6 Å². The lowest BCUT2D eigenvalue weighted by Crippen LogP contribution is -2.24. The summed E-state index contributed by atoms with van der Waals surface area (Å²) in [6, 6.07) is 0.465. The molecule has 0 bridgehead atoms. The minimum atomic E-state index is 0.465. The van der Waals surface area contributed by atoms with Crippen LogP contribution in [0.3, 0.4) is 0 Å². The van der Waals surface area contributed by atoms with Gasteiger partial charge in [0.15, 0.2) is 0 Å². The van der Waals surface area contributed by atoms with Gasteiger partial charge in [0.05, 0.1) is 0 Å². The Bertz CT molecular complexity index is 157. The highest BCUT2D eigenvalue weighted by atomic mass is 14.6. The van der Waals surface area contributed by atoms with Crippen molar-refractivity contribution >= 4 is 0 Å². The molecule has 1 unspecified atom stereocenters. The minimum Gasteiger partial charge on any atom is -0.328 e. The lowest BCUT2D eigenvalue weighted by molar-refractivity contribution is 0.308. The van der Waals surface area contributed by atoms with Crippen LogP contribution in [-0.2, 0) is 0 Å². The highest BCUT2D eigenvalue weighted by molar-refractivity contribution is 4.71. The largest absolute Gasteiger partial charge is 0.328 e. The van der Waals surface area contributed by atoms with Crippen LogP contribution in [0.25, 0.3) is 0 Å². The van der Waals surface area contributed by atoms with Gasteiger partial charge in [-0.25, -0.2) is 0 Å². The summed E-state index contributed by atoms with van der Waals surface area (Å²) in [5, 5.41) is 0. The molecule has 0 aromatic rings. The second-order valence-electron chi connectivity index (χ2n) is 5.76. The minimum absolute atomic E-state index is 0.465. The normalized spacial score (nSPS) is 20.2. The smallest absolute Gasteiger partial charge is 0.00415 e. The van der Waals surface area contributed by atoms with Gasteiger partial charge in [0.25, 0.3) is 0 Å². The van der Waals surface area contributed by atoms with E-state index in [1.54, 1.807) is 0 Å². The average Bonchev–Trinajstić information content (AvgIpc) is 2.34. The monoisotopic (exact) mass is 225 g/mol. The van der Waals surface area contributed by atoms with E-state index in [0.717, 1.165) is 11.8 Å². The van der Waals surface area contributed by atoms with E-state index in [0.29, 0.717) is 6.04 Å². The third kappa shape index (κ3) is 5.34. The van der Waals surface area contributed by atoms with Gasteiger partial charge in [-0.2, -0.15) is 0 Å². The number of hydrogen-bond donors (Lipinski definition) is 1. The van der Waals surface area contributed by atoms with Crippen molar-refractivity contribution in [1.82, 2.24) is 0 Å². The third-order valence-electron chi connectivity index (χ3n) is 4.46. The molecule has 1 aliphatic rings. The van der Waals surface area contributed by atoms with Crippen LogP contribution in [0.2, 0.25) is 0 Å². The fourth-order valence-electron chi connectivity index (χ4n) is 3.09. The maximum Gasteiger partial charge on any atom is 0.00415 e. The molecule has 96 valence electrons. The number of hydrogen-bond acceptors (Lipinski definition) is 1. The molecule has 0 aliphatic heterocycles. The molecule has 1 atom stereocenters. The van der Waals surface area contributed by atoms with Gasteiger partial charge in [-0.05, 0) is 31.1 Å². The van der Waals surface area contributed by atoms with Crippen LogP contribution in [0.5, 0.6) is 0 Å². The van der Waals surface area contributed by atoms with Crippen LogP contribution < -0.4 is 5.73 Å². The molecule has 1 rings (SSSR count). The van der Waals surface area contributed by atoms with Gasteiger partial charge >= 0.3 is 0 Å². The zero-order valence-corrected chi connectivity index (χ0v) is 11.4. The maximum absolute atomic E-state index is 6.24. The van der Waals surface area contributed by atoms with Gasteiger partial charge < -0.3 is 5.73 Å². The van der Waals surface area contributed by atoms with Crippen molar-refractivity contribution in [3.8, 4) is 0 Å². The first-order valence-corrected chi connectivity index (χ1v) is 7.51. The van der Waals surface area contributed by atoms with Crippen molar-refractivity contribution in [2.75, 3.05) is 0 Å². The van der Waals surface area contributed by atoms with Gasteiger partial charge in [-0.3, -0.25) is 0 Å². The fourth-order valence-corrected chi connectivity index (χ4v) is 3.09. The first kappa shape index (κ1) is 14.0. The van der Waals surface area contributed by atoms with Crippen molar-refractivity contribution < 1.29 is 0 Å². The Labute approximate surface area is 102 Å². The lowest BCUT2D eigenvalue weighted by Gasteiger charge is -2.24. The molecule has 1 fully saturated rings. The van der Waals surface area contributed by atoms with Gasteiger partial charge in [-0.1, -0.05) is 58.8 Å². The molecule has 0 aromatic heterocycles.